The summed E-state index contributed by atoms with van der Waals surface area (Å²) in [5, 5.41) is 11.8. The Kier molecular flexibility index (Phi) is 7.62. The molecule has 0 saturated heterocycles. The number of methoxy groups -OCH3 is 1. The maximum atomic E-state index is 14.9. The van der Waals surface area contributed by atoms with Gasteiger partial charge in [-0.15, -0.1) is 0 Å². The third-order valence-electron chi connectivity index (χ3n) is 4.16. The van der Waals surface area contributed by atoms with E-state index in [9.17, 15) is 9.18 Å². The predicted molar refractivity (Wildman–Crippen MR) is 115 cm³/mol. The molecular formula is C21H18Cl2FN3O4. The first-order valence-electron chi connectivity index (χ1n) is 9.12. The lowest BCUT2D eigenvalue weighted by Gasteiger charge is -2.14. The molecule has 7 nitrogen and oxygen atoms in total. The average Bonchev–Trinajstić information content (AvgIpc) is 2.78. The number of nitrogens with one attached hydrogen (secondary N) is 1. The molecule has 0 radical (unpaired) electrons. The Morgan fingerprint density at radius 2 is 1.90 bits per heavy atom. The van der Waals surface area contributed by atoms with Crippen LogP contribution >= 0.6 is 23.2 Å². The molecule has 0 aliphatic heterocycles. The summed E-state index contributed by atoms with van der Waals surface area (Å²) in [5.41, 5.74) is 0.465. The van der Waals surface area contributed by atoms with Gasteiger partial charge in [-0.25, -0.2) is 19.2 Å². The number of benzene rings is 2. The molecule has 2 N–H and O–H groups in total. The number of hydrogen-bond donors (Lipinski definition) is 2. The van der Waals surface area contributed by atoms with E-state index >= 15 is 0 Å². The van der Waals surface area contributed by atoms with Crippen molar-refractivity contribution in [1.29, 1.82) is 0 Å². The molecule has 0 aliphatic rings. The molecule has 1 aromatic heterocycles. The molecule has 0 amide bonds. The van der Waals surface area contributed by atoms with Gasteiger partial charge in [0.05, 0.1) is 24.3 Å². The second-order valence-electron chi connectivity index (χ2n) is 6.21. The number of carbonyl (C=O) groups excluding carboxylic acids is 1. The summed E-state index contributed by atoms with van der Waals surface area (Å²) in [7, 11) is 1.28. The molecule has 31 heavy (non-hydrogen) atoms. The molecule has 0 atom stereocenters. The summed E-state index contributed by atoms with van der Waals surface area (Å²) in [4.78, 5) is 21.0. The summed E-state index contributed by atoms with van der Waals surface area (Å²) in [6.45, 7) is -0.119. The van der Waals surface area contributed by atoms with Crippen molar-refractivity contribution < 1.29 is 23.8 Å². The molecule has 0 bridgehead atoms. The quantitative estimate of drug-likeness (QED) is 0.477. The van der Waals surface area contributed by atoms with E-state index in [1.165, 1.54) is 19.2 Å². The number of aliphatic hydroxyl groups is 1. The minimum absolute atomic E-state index is 0.00211. The fourth-order valence-electron chi connectivity index (χ4n) is 2.68. The van der Waals surface area contributed by atoms with Gasteiger partial charge in [0.15, 0.2) is 23.1 Å². The maximum absolute atomic E-state index is 14.9. The SMILES string of the molecule is COc1c(Cl)ccc(-c2nc(NCCO)c(Cl)c(C(=O)OCc3ccccc3)n2)c1F. The van der Waals surface area contributed by atoms with Crippen LogP contribution < -0.4 is 10.1 Å². The van der Waals surface area contributed by atoms with Gasteiger partial charge < -0.3 is 19.9 Å². The summed E-state index contributed by atoms with van der Waals surface area (Å²) < 4.78 is 25.2. The number of aromatic nitrogens is 2. The lowest BCUT2D eigenvalue weighted by atomic mass is 10.1. The van der Waals surface area contributed by atoms with Gasteiger partial charge in [-0.1, -0.05) is 53.5 Å². The van der Waals surface area contributed by atoms with Crippen LogP contribution in [0.5, 0.6) is 5.75 Å². The van der Waals surface area contributed by atoms with Crippen molar-refractivity contribution in [1.82, 2.24) is 9.97 Å². The summed E-state index contributed by atoms with van der Waals surface area (Å²) in [6.07, 6.45) is 0. The zero-order chi connectivity index (χ0) is 22.4. The van der Waals surface area contributed by atoms with Crippen LogP contribution in [0.2, 0.25) is 10.0 Å². The molecule has 162 valence electrons. The van der Waals surface area contributed by atoms with Gasteiger partial charge in [-0.2, -0.15) is 0 Å². The zero-order valence-corrected chi connectivity index (χ0v) is 17.9. The van der Waals surface area contributed by atoms with Crippen LogP contribution in [-0.2, 0) is 11.3 Å². The molecule has 0 fully saturated rings. The number of anilines is 1. The number of aliphatic hydroxyl groups excluding tert-OH is 1. The van der Waals surface area contributed by atoms with Gasteiger partial charge in [0.25, 0.3) is 0 Å². The van der Waals surface area contributed by atoms with Crippen LogP contribution in [0.25, 0.3) is 11.4 Å². The summed E-state index contributed by atoms with van der Waals surface area (Å²) >= 11 is 12.2. The van der Waals surface area contributed by atoms with E-state index in [2.05, 4.69) is 15.3 Å². The van der Waals surface area contributed by atoms with Crippen molar-refractivity contribution in [2.45, 2.75) is 6.61 Å². The van der Waals surface area contributed by atoms with Crippen molar-refractivity contribution in [2.75, 3.05) is 25.6 Å². The molecule has 2 aromatic carbocycles. The number of rotatable bonds is 8. The fraction of sp³-hybridized carbons (Fsp3) is 0.190. The summed E-state index contributed by atoms with van der Waals surface area (Å²) in [5.74, 6) is -1.89. The van der Waals surface area contributed by atoms with E-state index in [4.69, 9.17) is 37.8 Å². The third kappa shape index (κ3) is 5.22. The number of carbonyl (C=O) groups is 1. The number of nitrogens with zero attached hydrogens (tertiary/aromatic N) is 2. The van der Waals surface area contributed by atoms with Gasteiger partial charge in [-0.3, -0.25) is 0 Å². The number of halogens is 3. The molecular weight excluding hydrogens is 448 g/mol. The number of ether oxygens (including phenoxy) is 2. The van der Waals surface area contributed by atoms with E-state index in [-0.39, 0.29) is 58.5 Å². The van der Waals surface area contributed by atoms with E-state index in [1.807, 2.05) is 18.2 Å². The van der Waals surface area contributed by atoms with Crippen LogP contribution in [0.1, 0.15) is 16.1 Å². The molecule has 0 saturated carbocycles. The van der Waals surface area contributed by atoms with Crippen molar-refractivity contribution in [3.63, 3.8) is 0 Å². The van der Waals surface area contributed by atoms with Crippen molar-refractivity contribution in [3.05, 3.63) is 69.6 Å². The van der Waals surface area contributed by atoms with Gasteiger partial charge in [0.1, 0.15) is 17.4 Å². The second-order valence-corrected chi connectivity index (χ2v) is 7.00. The van der Waals surface area contributed by atoms with Crippen LogP contribution in [0.3, 0.4) is 0 Å². The van der Waals surface area contributed by atoms with E-state index in [0.29, 0.717) is 0 Å². The number of hydrogen-bond acceptors (Lipinski definition) is 7. The molecule has 0 aliphatic carbocycles. The van der Waals surface area contributed by atoms with Crippen molar-refractivity contribution >= 4 is 35.0 Å². The second kappa shape index (κ2) is 10.4. The maximum Gasteiger partial charge on any atom is 0.359 e. The first-order chi connectivity index (χ1) is 15.0. The highest BCUT2D eigenvalue weighted by atomic mass is 35.5. The van der Waals surface area contributed by atoms with Gasteiger partial charge in [0, 0.05) is 6.54 Å². The van der Waals surface area contributed by atoms with Crippen LogP contribution in [0.4, 0.5) is 10.2 Å². The lowest BCUT2D eigenvalue weighted by Crippen LogP contribution is -2.14. The highest BCUT2D eigenvalue weighted by Crippen LogP contribution is 2.35. The highest BCUT2D eigenvalue weighted by molar-refractivity contribution is 6.35. The van der Waals surface area contributed by atoms with Gasteiger partial charge in [0.2, 0.25) is 0 Å². The topological polar surface area (TPSA) is 93.6 Å². The Morgan fingerprint density at radius 3 is 2.58 bits per heavy atom. The molecule has 3 rings (SSSR count). The standard InChI is InChI=1S/C21H18Cl2FN3O4/c1-30-18-14(22)8-7-13(16(18)24)19-26-17(15(23)20(27-19)25-9-10-28)21(29)31-11-12-5-3-2-4-6-12/h2-8,28H,9-11H2,1H3,(H,25,26,27). The Bertz CT molecular complexity index is 1080. The molecule has 3 aromatic rings. The molecule has 0 unspecified atom stereocenters. The Morgan fingerprint density at radius 1 is 1.16 bits per heavy atom. The molecule has 10 heteroatoms. The monoisotopic (exact) mass is 465 g/mol. The average molecular weight is 466 g/mol. The first-order valence-corrected chi connectivity index (χ1v) is 9.87. The Hall–Kier alpha value is -2.94. The van der Waals surface area contributed by atoms with Gasteiger partial charge >= 0.3 is 5.97 Å². The van der Waals surface area contributed by atoms with E-state index in [1.54, 1.807) is 12.1 Å². The minimum atomic E-state index is -0.814. The summed E-state index contributed by atoms with van der Waals surface area (Å²) in [6, 6.07) is 11.8. The first kappa shape index (κ1) is 22.7. The van der Waals surface area contributed by atoms with Crippen LogP contribution in [0, 0.1) is 5.82 Å². The van der Waals surface area contributed by atoms with Crippen LogP contribution in [0.15, 0.2) is 42.5 Å². The van der Waals surface area contributed by atoms with Crippen molar-refractivity contribution in [3.8, 4) is 17.1 Å². The molecule has 0 spiro atoms. The Labute approximate surface area is 187 Å². The highest BCUT2D eigenvalue weighted by Gasteiger charge is 2.24. The van der Waals surface area contributed by atoms with E-state index in [0.717, 1.165) is 5.56 Å². The Balaban J connectivity index is 2.02. The minimum Gasteiger partial charge on any atom is -0.492 e. The van der Waals surface area contributed by atoms with Crippen molar-refractivity contribution in [2.24, 2.45) is 0 Å². The van der Waals surface area contributed by atoms with Gasteiger partial charge in [-0.05, 0) is 17.7 Å². The normalized spacial score (nSPS) is 10.6. The largest absolute Gasteiger partial charge is 0.492 e. The number of esters is 1. The fourth-order valence-corrected chi connectivity index (χ4v) is 3.13. The molecule has 1 heterocycles. The third-order valence-corrected chi connectivity index (χ3v) is 4.81. The predicted octanol–water partition coefficient (Wildman–Crippen LogP) is 4.36. The lowest BCUT2D eigenvalue weighted by molar-refractivity contribution is 0.0466. The smallest absolute Gasteiger partial charge is 0.359 e. The van der Waals surface area contributed by atoms with Crippen LogP contribution in [-0.4, -0.2) is 41.3 Å². The zero-order valence-electron chi connectivity index (χ0n) is 16.4. The van der Waals surface area contributed by atoms with E-state index < -0.39 is 11.8 Å².